The van der Waals surface area contributed by atoms with Gasteiger partial charge in [-0.3, -0.25) is 14.1 Å². The summed E-state index contributed by atoms with van der Waals surface area (Å²) < 4.78 is 20.5. The molecule has 152 valence electrons. The first-order chi connectivity index (χ1) is 13.1. The Labute approximate surface area is 168 Å². The van der Waals surface area contributed by atoms with Gasteiger partial charge in [-0.1, -0.05) is 17.1 Å². The Hall–Kier alpha value is -2.39. The van der Waals surface area contributed by atoms with Crippen LogP contribution in [0.1, 0.15) is 36.9 Å². The first-order valence-corrected chi connectivity index (χ1v) is 9.53. The molecule has 1 aliphatic heterocycles. The molecule has 1 aromatic carbocycles. The zero-order valence-corrected chi connectivity index (χ0v) is 17.5. The van der Waals surface area contributed by atoms with Crippen molar-refractivity contribution in [3.05, 3.63) is 47.1 Å². The van der Waals surface area contributed by atoms with Crippen molar-refractivity contribution in [1.82, 2.24) is 9.46 Å². The highest BCUT2D eigenvalue weighted by atomic mass is 32.2. The number of aryl methyl sites for hydroxylation is 2. The Balaban J connectivity index is 0.000000336. The van der Waals surface area contributed by atoms with E-state index in [4.69, 9.17) is 10.3 Å². The minimum Gasteiger partial charge on any atom is -0.386 e. The summed E-state index contributed by atoms with van der Waals surface area (Å²) in [6, 6.07) is 5.93. The summed E-state index contributed by atoms with van der Waals surface area (Å²) in [5.74, 6) is 0.999. The SMILES string of the molecule is CN1CC(c2cc(NC=O)ccc2F)N=C(N)C(C)(C)S1.Cc1cc(C)on1. The third-order valence-corrected chi connectivity index (χ3v) is 5.18. The Kier molecular flexibility index (Phi) is 7.20. The van der Waals surface area contributed by atoms with E-state index in [1.807, 2.05) is 45.1 Å². The van der Waals surface area contributed by atoms with Crippen LogP contribution in [0.2, 0.25) is 0 Å². The lowest BCUT2D eigenvalue weighted by Gasteiger charge is -2.25. The maximum atomic E-state index is 14.1. The summed E-state index contributed by atoms with van der Waals surface area (Å²) in [4.78, 5) is 15.0. The minimum atomic E-state index is -0.405. The average Bonchev–Trinajstić information content (AvgIpc) is 2.94. The highest BCUT2D eigenvalue weighted by Gasteiger charge is 2.32. The second-order valence-electron chi connectivity index (χ2n) is 7.02. The minimum absolute atomic E-state index is 0.335. The predicted molar refractivity (Wildman–Crippen MR) is 111 cm³/mol. The summed E-state index contributed by atoms with van der Waals surface area (Å²) in [7, 11) is 1.93. The number of aromatic nitrogens is 1. The Morgan fingerprint density at radius 2 is 2.11 bits per heavy atom. The van der Waals surface area contributed by atoms with Crippen LogP contribution in [0.4, 0.5) is 10.1 Å². The molecule has 3 rings (SSSR count). The van der Waals surface area contributed by atoms with E-state index < -0.39 is 6.04 Å². The molecule has 2 heterocycles. The van der Waals surface area contributed by atoms with E-state index in [-0.39, 0.29) is 10.6 Å². The number of likely N-dealkylation sites (N-methyl/N-ethyl adjacent to an activating group) is 1. The third-order valence-electron chi connectivity index (χ3n) is 4.05. The number of benzene rings is 1. The molecule has 1 unspecified atom stereocenters. The predicted octanol–water partition coefficient (Wildman–Crippen LogP) is 3.46. The van der Waals surface area contributed by atoms with E-state index in [1.165, 1.54) is 12.1 Å². The molecule has 0 aliphatic carbocycles. The highest BCUT2D eigenvalue weighted by Crippen LogP contribution is 2.35. The van der Waals surface area contributed by atoms with Crippen molar-refractivity contribution in [2.75, 3.05) is 18.9 Å². The first kappa shape index (κ1) is 21.9. The average molecular weight is 408 g/mol. The molecule has 1 atom stereocenters. The molecule has 9 heteroatoms. The molecule has 0 saturated heterocycles. The summed E-state index contributed by atoms with van der Waals surface area (Å²) >= 11 is 1.57. The number of aliphatic imine (C=N–C) groups is 1. The fourth-order valence-corrected chi connectivity index (χ4v) is 3.84. The van der Waals surface area contributed by atoms with Crippen LogP contribution < -0.4 is 11.1 Å². The number of carbonyl (C=O) groups excluding carboxylic acids is 1. The van der Waals surface area contributed by atoms with Crippen molar-refractivity contribution in [2.45, 2.75) is 38.5 Å². The van der Waals surface area contributed by atoms with E-state index in [1.54, 1.807) is 18.0 Å². The smallest absolute Gasteiger partial charge is 0.211 e. The van der Waals surface area contributed by atoms with Crippen LogP contribution in [0.15, 0.2) is 33.8 Å². The Bertz CT molecular complexity index is 836. The third kappa shape index (κ3) is 5.80. The van der Waals surface area contributed by atoms with Gasteiger partial charge in [0.1, 0.15) is 17.4 Å². The highest BCUT2D eigenvalue weighted by molar-refractivity contribution is 7.99. The van der Waals surface area contributed by atoms with Gasteiger partial charge in [0.05, 0.1) is 16.5 Å². The van der Waals surface area contributed by atoms with Crippen molar-refractivity contribution >= 4 is 29.9 Å². The van der Waals surface area contributed by atoms with Crippen LogP contribution in [0.25, 0.3) is 0 Å². The maximum absolute atomic E-state index is 14.1. The number of anilines is 1. The Morgan fingerprint density at radius 3 is 2.64 bits per heavy atom. The fraction of sp³-hybridized carbons (Fsp3) is 0.421. The number of amidine groups is 1. The maximum Gasteiger partial charge on any atom is 0.211 e. The van der Waals surface area contributed by atoms with Gasteiger partial charge >= 0.3 is 0 Å². The number of rotatable bonds is 3. The molecule has 1 amide bonds. The molecule has 7 nitrogen and oxygen atoms in total. The molecule has 0 spiro atoms. The first-order valence-electron chi connectivity index (χ1n) is 8.76. The van der Waals surface area contributed by atoms with Crippen molar-refractivity contribution in [3.63, 3.8) is 0 Å². The lowest BCUT2D eigenvalue weighted by Crippen LogP contribution is -2.36. The number of hydrogen-bond donors (Lipinski definition) is 2. The largest absolute Gasteiger partial charge is 0.386 e. The van der Waals surface area contributed by atoms with Crippen LogP contribution in [0, 0.1) is 19.7 Å². The summed E-state index contributed by atoms with van der Waals surface area (Å²) in [5, 5.41) is 6.16. The van der Waals surface area contributed by atoms with E-state index >= 15 is 0 Å². The molecular formula is C19H26FN5O2S. The molecular weight excluding hydrogens is 381 g/mol. The number of amides is 1. The molecule has 0 saturated carbocycles. The van der Waals surface area contributed by atoms with E-state index in [0.717, 1.165) is 11.5 Å². The van der Waals surface area contributed by atoms with Gasteiger partial charge in [-0.05, 0) is 52.9 Å². The zero-order chi connectivity index (χ0) is 20.9. The number of nitrogens with two attached hydrogens (primary N) is 1. The second kappa shape index (κ2) is 9.20. The summed E-state index contributed by atoms with van der Waals surface area (Å²) in [6.07, 6.45) is 0.562. The quantitative estimate of drug-likeness (QED) is 0.597. The van der Waals surface area contributed by atoms with Crippen molar-refractivity contribution < 1.29 is 13.7 Å². The number of carbonyl (C=O) groups is 1. The normalized spacial score (nSPS) is 19.1. The summed E-state index contributed by atoms with van der Waals surface area (Å²) in [5.41, 5.74) is 7.96. The van der Waals surface area contributed by atoms with Crippen LogP contribution in [0.5, 0.6) is 0 Å². The van der Waals surface area contributed by atoms with Gasteiger partial charge < -0.3 is 15.6 Å². The van der Waals surface area contributed by atoms with Crippen molar-refractivity contribution in [1.29, 1.82) is 0 Å². The molecule has 2 aromatic rings. The molecule has 0 radical (unpaired) electrons. The standard InChI is InChI=1S/C14H19FN4OS.C5H7NO/c1-14(2)13(16)18-12(7-19(3)21-14)10-6-9(17-8-20)4-5-11(10)15;1-4-3-5(2)7-6-4/h4-6,8,12H,7H2,1-3H3,(H2,16,18)(H,17,20);3H,1-2H3. The number of halogens is 1. The molecule has 1 aromatic heterocycles. The van der Waals surface area contributed by atoms with Gasteiger partial charge in [0, 0.05) is 23.9 Å². The van der Waals surface area contributed by atoms with E-state index in [0.29, 0.717) is 30.0 Å². The van der Waals surface area contributed by atoms with Crippen molar-refractivity contribution in [3.8, 4) is 0 Å². The molecule has 1 aliphatic rings. The lowest BCUT2D eigenvalue weighted by molar-refractivity contribution is -0.105. The zero-order valence-electron chi connectivity index (χ0n) is 16.7. The number of hydrogen-bond acceptors (Lipinski definition) is 7. The molecule has 3 N–H and O–H groups in total. The summed E-state index contributed by atoms with van der Waals surface area (Å²) in [6.45, 7) is 8.28. The molecule has 0 bridgehead atoms. The van der Waals surface area contributed by atoms with Crippen molar-refractivity contribution in [2.24, 2.45) is 10.7 Å². The second-order valence-corrected chi connectivity index (χ2v) is 8.85. The van der Waals surface area contributed by atoms with Gasteiger partial charge in [-0.15, -0.1) is 0 Å². The Morgan fingerprint density at radius 1 is 1.39 bits per heavy atom. The van der Waals surface area contributed by atoms with Gasteiger partial charge in [0.15, 0.2) is 0 Å². The molecule has 28 heavy (non-hydrogen) atoms. The molecule has 0 fully saturated rings. The topological polar surface area (TPSA) is 96.8 Å². The number of nitrogens with one attached hydrogen (secondary N) is 1. The van der Waals surface area contributed by atoms with Gasteiger partial charge in [0.2, 0.25) is 6.41 Å². The van der Waals surface area contributed by atoms with Gasteiger partial charge in [-0.25, -0.2) is 4.39 Å². The van der Waals surface area contributed by atoms with Gasteiger partial charge in [0.25, 0.3) is 0 Å². The number of nitrogens with zero attached hydrogens (tertiary/aromatic N) is 3. The van der Waals surface area contributed by atoms with E-state index in [9.17, 15) is 9.18 Å². The lowest BCUT2D eigenvalue weighted by atomic mass is 10.0. The fourth-order valence-electron chi connectivity index (χ4n) is 2.70. The van der Waals surface area contributed by atoms with Crippen LogP contribution >= 0.6 is 11.9 Å². The van der Waals surface area contributed by atoms with Crippen LogP contribution in [-0.2, 0) is 4.79 Å². The van der Waals surface area contributed by atoms with Crippen LogP contribution in [0.3, 0.4) is 0 Å². The van der Waals surface area contributed by atoms with E-state index in [2.05, 4.69) is 15.5 Å². The van der Waals surface area contributed by atoms with Gasteiger partial charge in [-0.2, -0.15) is 0 Å². The monoisotopic (exact) mass is 407 g/mol. The van der Waals surface area contributed by atoms with Crippen LogP contribution in [-0.4, -0.2) is 40.0 Å².